The minimum absolute atomic E-state index is 0.0254. The van der Waals surface area contributed by atoms with Crippen LogP contribution in [0.4, 0.5) is 10.1 Å². The molecule has 0 saturated carbocycles. The van der Waals surface area contributed by atoms with E-state index in [4.69, 9.17) is 15.2 Å². The molecule has 0 bridgehead atoms. The fraction of sp³-hybridized carbons (Fsp3) is 0.129. The zero-order valence-electron chi connectivity index (χ0n) is 21.0. The summed E-state index contributed by atoms with van der Waals surface area (Å²) in [5.41, 5.74) is 8.12. The number of hydrogen-bond donors (Lipinski definition) is 2. The van der Waals surface area contributed by atoms with Gasteiger partial charge in [0.25, 0.3) is 0 Å². The number of halogens is 1. The number of carbonyl (C=O) groups excluding carboxylic acids is 3. The third-order valence-electron chi connectivity index (χ3n) is 5.83. The molecular weight excluding hydrogens is 499 g/mol. The topological polar surface area (TPSA) is 108 Å². The van der Waals surface area contributed by atoms with Crippen LogP contribution >= 0.6 is 0 Å². The third kappa shape index (κ3) is 7.83. The van der Waals surface area contributed by atoms with E-state index in [-0.39, 0.29) is 36.4 Å². The highest BCUT2D eigenvalue weighted by Crippen LogP contribution is 2.19. The normalized spacial score (nSPS) is 11.3. The summed E-state index contributed by atoms with van der Waals surface area (Å²) in [7, 11) is 0. The van der Waals surface area contributed by atoms with Gasteiger partial charge in [-0.05, 0) is 47.4 Å². The maximum Gasteiger partial charge on any atom is 0.338 e. The van der Waals surface area contributed by atoms with Gasteiger partial charge in [-0.2, -0.15) is 0 Å². The molecule has 198 valence electrons. The molecule has 0 aromatic heterocycles. The van der Waals surface area contributed by atoms with Crippen LogP contribution < -0.4 is 11.1 Å². The van der Waals surface area contributed by atoms with E-state index in [2.05, 4.69) is 5.32 Å². The predicted octanol–water partition coefficient (Wildman–Crippen LogP) is 5.05. The number of nitrogens with one attached hydrogen (secondary N) is 1. The van der Waals surface area contributed by atoms with Crippen LogP contribution in [-0.2, 0) is 33.9 Å². The Morgan fingerprint density at radius 1 is 0.718 bits per heavy atom. The quantitative estimate of drug-likeness (QED) is 0.280. The molecule has 1 amide bonds. The fourth-order valence-corrected chi connectivity index (χ4v) is 3.78. The van der Waals surface area contributed by atoms with Crippen molar-refractivity contribution < 1.29 is 28.2 Å². The van der Waals surface area contributed by atoms with E-state index < -0.39 is 29.7 Å². The standard InChI is InChI=1S/C31H27FN2O5/c32-27-14-8-7-13-23(27)18-28(33)29(35)34-26-16-24(30(36)38-19-21-9-3-1-4-10-21)15-25(17-26)31(37)39-20-22-11-5-2-6-12-22/h1-17,28H,18-20,33H2,(H,34,35)/t28-/m0/s1. The molecule has 8 heteroatoms. The van der Waals surface area contributed by atoms with Crippen LogP contribution in [0.3, 0.4) is 0 Å². The van der Waals surface area contributed by atoms with Crippen molar-refractivity contribution >= 4 is 23.5 Å². The molecule has 7 nitrogen and oxygen atoms in total. The molecule has 1 atom stereocenters. The second kappa shape index (κ2) is 13.1. The van der Waals surface area contributed by atoms with Gasteiger partial charge in [-0.25, -0.2) is 14.0 Å². The van der Waals surface area contributed by atoms with E-state index in [1.807, 2.05) is 60.7 Å². The SMILES string of the molecule is N[C@@H](Cc1ccccc1F)C(=O)Nc1cc(C(=O)OCc2ccccc2)cc(C(=O)OCc2ccccc2)c1. The van der Waals surface area contributed by atoms with Gasteiger partial charge in [0.05, 0.1) is 17.2 Å². The molecule has 0 heterocycles. The van der Waals surface area contributed by atoms with Crippen LogP contribution in [0.5, 0.6) is 0 Å². The second-order valence-electron chi connectivity index (χ2n) is 8.81. The van der Waals surface area contributed by atoms with Crippen molar-refractivity contribution in [3.63, 3.8) is 0 Å². The maximum atomic E-state index is 14.0. The lowest BCUT2D eigenvalue weighted by molar-refractivity contribution is -0.117. The average Bonchev–Trinajstić information content (AvgIpc) is 2.96. The minimum Gasteiger partial charge on any atom is -0.457 e. The molecule has 0 radical (unpaired) electrons. The molecule has 0 aliphatic carbocycles. The first kappa shape index (κ1) is 27.2. The highest BCUT2D eigenvalue weighted by atomic mass is 19.1. The van der Waals surface area contributed by atoms with Gasteiger partial charge in [-0.3, -0.25) is 4.79 Å². The van der Waals surface area contributed by atoms with Crippen LogP contribution in [0.25, 0.3) is 0 Å². The van der Waals surface area contributed by atoms with Crippen molar-refractivity contribution in [2.45, 2.75) is 25.7 Å². The fourth-order valence-electron chi connectivity index (χ4n) is 3.78. The number of hydrogen-bond acceptors (Lipinski definition) is 6. The van der Waals surface area contributed by atoms with E-state index in [9.17, 15) is 18.8 Å². The van der Waals surface area contributed by atoms with Gasteiger partial charge < -0.3 is 20.5 Å². The Morgan fingerprint density at radius 3 is 1.72 bits per heavy atom. The number of anilines is 1. The van der Waals surface area contributed by atoms with Gasteiger partial charge in [0.15, 0.2) is 0 Å². The summed E-state index contributed by atoms with van der Waals surface area (Å²) in [4.78, 5) is 38.6. The number of amides is 1. The Balaban J connectivity index is 1.52. The maximum absolute atomic E-state index is 14.0. The summed E-state index contributed by atoms with van der Waals surface area (Å²) in [5.74, 6) is -2.46. The molecule has 0 saturated heterocycles. The van der Waals surface area contributed by atoms with E-state index in [1.54, 1.807) is 18.2 Å². The summed E-state index contributed by atoms with van der Waals surface area (Å²) in [6, 6.07) is 27.3. The highest BCUT2D eigenvalue weighted by Gasteiger charge is 2.20. The number of ether oxygens (including phenoxy) is 2. The van der Waals surface area contributed by atoms with Crippen LogP contribution in [0.1, 0.15) is 37.4 Å². The number of esters is 2. The molecule has 4 aromatic carbocycles. The summed E-state index contributed by atoms with van der Waals surface area (Å²) in [6.07, 6.45) is -0.0384. The lowest BCUT2D eigenvalue weighted by Crippen LogP contribution is -2.37. The summed E-state index contributed by atoms with van der Waals surface area (Å²) in [6.45, 7) is 0.0507. The van der Waals surface area contributed by atoms with Crippen molar-refractivity contribution in [3.05, 3.63) is 137 Å². The lowest BCUT2D eigenvalue weighted by atomic mass is 10.0. The number of nitrogens with two attached hydrogens (primary N) is 1. The molecule has 39 heavy (non-hydrogen) atoms. The van der Waals surface area contributed by atoms with Crippen LogP contribution in [0.15, 0.2) is 103 Å². The molecule has 4 aromatic rings. The molecule has 4 rings (SSSR count). The summed E-state index contributed by atoms with van der Waals surface area (Å²) >= 11 is 0. The van der Waals surface area contributed by atoms with E-state index in [0.717, 1.165) is 11.1 Å². The summed E-state index contributed by atoms with van der Waals surface area (Å²) < 4.78 is 24.8. The average molecular weight is 527 g/mol. The number of carbonyl (C=O) groups is 3. The molecular formula is C31H27FN2O5. The largest absolute Gasteiger partial charge is 0.457 e. The Labute approximate surface area is 225 Å². The van der Waals surface area contributed by atoms with Gasteiger partial charge in [0, 0.05) is 5.69 Å². The molecule has 0 aliphatic rings. The van der Waals surface area contributed by atoms with Crippen LogP contribution in [0, 0.1) is 5.82 Å². The van der Waals surface area contributed by atoms with Crippen LogP contribution in [0.2, 0.25) is 0 Å². The molecule has 0 fully saturated rings. The van der Waals surface area contributed by atoms with Crippen molar-refractivity contribution in [1.29, 1.82) is 0 Å². The van der Waals surface area contributed by atoms with E-state index >= 15 is 0 Å². The monoisotopic (exact) mass is 526 g/mol. The van der Waals surface area contributed by atoms with Gasteiger partial charge in [-0.1, -0.05) is 78.9 Å². The zero-order chi connectivity index (χ0) is 27.6. The zero-order valence-corrected chi connectivity index (χ0v) is 21.0. The van der Waals surface area contributed by atoms with Crippen molar-refractivity contribution in [1.82, 2.24) is 0 Å². The molecule has 0 unspecified atom stereocenters. The predicted molar refractivity (Wildman–Crippen MR) is 144 cm³/mol. The van der Waals surface area contributed by atoms with Gasteiger partial charge >= 0.3 is 11.9 Å². The molecule has 0 spiro atoms. The second-order valence-corrected chi connectivity index (χ2v) is 8.81. The lowest BCUT2D eigenvalue weighted by Gasteiger charge is -2.15. The number of rotatable bonds is 10. The van der Waals surface area contributed by atoms with Gasteiger partial charge in [0.1, 0.15) is 19.0 Å². The molecule has 3 N–H and O–H groups in total. The minimum atomic E-state index is -1.08. The first-order valence-electron chi connectivity index (χ1n) is 12.3. The first-order chi connectivity index (χ1) is 18.9. The Hall–Kier alpha value is -4.82. The Kier molecular flexibility index (Phi) is 9.16. The summed E-state index contributed by atoms with van der Waals surface area (Å²) in [5, 5.41) is 2.62. The van der Waals surface area contributed by atoms with Gasteiger partial charge in [0.2, 0.25) is 5.91 Å². The van der Waals surface area contributed by atoms with Gasteiger partial charge in [-0.15, -0.1) is 0 Å². The first-order valence-corrected chi connectivity index (χ1v) is 12.3. The highest BCUT2D eigenvalue weighted by molar-refractivity contribution is 6.00. The molecule has 0 aliphatic heterocycles. The van der Waals surface area contributed by atoms with E-state index in [0.29, 0.717) is 5.56 Å². The Bertz CT molecular complexity index is 1370. The Morgan fingerprint density at radius 2 is 1.21 bits per heavy atom. The number of benzene rings is 4. The smallest absolute Gasteiger partial charge is 0.338 e. The van der Waals surface area contributed by atoms with Crippen molar-refractivity contribution in [2.24, 2.45) is 5.73 Å². The van der Waals surface area contributed by atoms with Crippen molar-refractivity contribution in [2.75, 3.05) is 5.32 Å². The van der Waals surface area contributed by atoms with E-state index in [1.165, 1.54) is 24.3 Å². The third-order valence-corrected chi connectivity index (χ3v) is 5.83. The van der Waals surface area contributed by atoms with Crippen molar-refractivity contribution in [3.8, 4) is 0 Å². The van der Waals surface area contributed by atoms with Crippen LogP contribution in [-0.4, -0.2) is 23.9 Å².